The Kier molecular flexibility index (Phi) is 8.49. The Morgan fingerprint density at radius 2 is 1.95 bits per heavy atom. The van der Waals surface area contributed by atoms with Crippen LogP contribution in [0.1, 0.15) is 19.8 Å². The average Bonchev–Trinajstić information content (AvgIpc) is 2.50. The maximum absolute atomic E-state index is 5.67. The lowest BCUT2D eigenvalue weighted by Gasteiger charge is -2.32. The first-order valence-corrected chi connectivity index (χ1v) is 7.43. The van der Waals surface area contributed by atoms with Gasteiger partial charge in [-0.1, -0.05) is 25.1 Å². The van der Waals surface area contributed by atoms with Gasteiger partial charge in [-0.25, -0.2) is 0 Å². The summed E-state index contributed by atoms with van der Waals surface area (Å²) in [5.41, 5.74) is 0. The second-order valence-electron chi connectivity index (χ2n) is 5.31. The molecule has 0 aromatic heterocycles. The molecule has 1 aromatic carbocycles. The number of aliphatic imine (C=N–C) groups is 1. The third-order valence-electron chi connectivity index (χ3n) is 3.69. The minimum atomic E-state index is 0. The van der Waals surface area contributed by atoms with Crippen molar-refractivity contribution in [1.29, 1.82) is 0 Å². The molecule has 1 heterocycles. The summed E-state index contributed by atoms with van der Waals surface area (Å²) in [5, 5.41) is 3.38. The van der Waals surface area contributed by atoms with Gasteiger partial charge in [0.15, 0.2) is 5.96 Å². The van der Waals surface area contributed by atoms with E-state index in [1.165, 1.54) is 12.8 Å². The number of ether oxygens (including phenoxy) is 1. The molecule has 5 heteroatoms. The molecule has 0 amide bonds. The second-order valence-corrected chi connectivity index (χ2v) is 5.31. The van der Waals surface area contributed by atoms with Crippen LogP contribution in [0.15, 0.2) is 35.3 Å². The van der Waals surface area contributed by atoms with Crippen LogP contribution in [0.4, 0.5) is 0 Å². The number of halogens is 1. The van der Waals surface area contributed by atoms with Crippen LogP contribution in [0.5, 0.6) is 5.75 Å². The van der Waals surface area contributed by atoms with E-state index in [2.05, 4.69) is 22.1 Å². The van der Waals surface area contributed by atoms with Crippen LogP contribution in [0, 0.1) is 5.92 Å². The molecule has 1 aliphatic rings. The number of guanidine groups is 1. The lowest BCUT2D eigenvalue weighted by Crippen LogP contribution is -2.46. The van der Waals surface area contributed by atoms with Crippen molar-refractivity contribution in [2.45, 2.75) is 19.8 Å². The van der Waals surface area contributed by atoms with Crippen LogP contribution < -0.4 is 10.1 Å². The van der Waals surface area contributed by atoms with E-state index in [-0.39, 0.29) is 24.0 Å². The lowest BCUT2D eigenvalue weighted by molar-refractivity contribution is 0.269. The summed E-state index contributed by atoms with van der Waals surface area (Å²) < 4.78 is 5.67. The predicted molar refractivity (Wildman–Crippen MR) is 98.7 cm³/mol. The number of hydrogen-bond acceptors (Lipinski definition) is 2. The van der Waals surface area contributed by atoms with Gasteiger partial charge in [0.25, 0.3) is 0 Å². The first-order valence-electron chi connectivity index (χ1n) is 7.43. The molecule has 0 aliphatic carbocycles. The van der Waals surface area contributed by atoms with Gasteiger partial charge in [0.1, 0.15) is 12.4 Å². The maximum Gasteiger partial charge on any atom is 0.193 e. The summed E-state index contributed by atoms with van der Waals surface area (Å²) in [6.45, 7) is 5.93. The zero-order chi connectivity index (χ0) is 14.2. The number of piperidine rings is 1. The van der Waals surface area contributed by atoms with Gasteiger partial charge in [-0.3, -0.25) is 4.99 Å². The fraction of sp³-hybridized carbons (Fsp3) is 0.562. The van der Waals surface area contributed by atoms with Crippen molar-refractivity contribution in [3.05, 3.63) is 30.3 Å². The fourth-order valence-electron chi connectivity index (χ4n) is 2.40. The van der Waals surface area contributed by atoms with E-state index in [4.69, 9.17) is 4.74 Å². The molecule has 0 bridgehead atoms. The van der Waals surface area contributed by atoms with Crippen LogP contribution in [-0.4, -0.2) is 44.1 Å². The average molecular weight is 403 g/mol. The van der Waals surface area contributed by atoms with E-state index in [0.717, 1.165) is 37.3 Å². The molecule has 118 valence electrons. The number of para-hydroxylation sites is 1. The quantitative estimate of drug-likeness (QED) is 0.364. The van der Waals surface area contributed by atoms with E-state index in [9.17, 15) is 0 Å². The minimum Gasteiger partial charge on any atom is -0.492 e. The summed E-state index contributed by atoms with van der Waals surface area (Å²) in [5.74, 6) is 2.75. The largest absolute Gasteiger partial charge is 0.492 e. The highest BCUT2D eigenvalue weighted by Gasteiger charge is 2.18. The SMILES string of the molecule is CN=C(NCCOc1ccccc1)N1CCC(C)CC1.I. The third-order valence-corrected chi connectivity index (χ3v) is 3.69. The smallest absolute Gasteiger partial charge is 0.193 e. The van der Waals surface area contributed by atoms with Crippen molar-refractivity contribution in [3.63, 3.8) is 0 Å². The molecular formula is C16H26IN3O. The molecule has 1 aliphatic heterocycles. The normalized spacial score (nSPS) is 16.3. The van der Waals surface area contributed by atoms with Gasteiger partial charge in [-0.15, -0.1) is 24.0 Å². The van der Waals surface area contributed by atoms with E-state index in [0.29, 0.717) is 6.61 Å². The predicted octanol–water partition coefficient (Wildman–Crippen LogP) is 2.99. The molecule has 1 N–H and O–H groups in total. The first kappa shape index (κ1) is 18.1. The zero-order valence-corrected chi connectivity index (χ0v) is 15.2. The third kappa shape index (κ3) is 6.11. The van der Waals surface area contributed by atoms with E-state index < -0.39 is 0 Å². The summed E-state index contributed by atoms with van der Waals surface area (Å²) in [6.07, 6.45) is 2.50. The Morgan fingerprint density at radius 1 is 1.29 bits per heavy atom. The van der Waals surface area contributed by atoms with Crippen LogP contribution in [0.3, 0.4) is 0 Å². The van der Waals surface area contributed by atoms with Crippen molar-refractivity contribution in [2.75, 3.05) is 33.3 Å². The van der Waals surface area contributed by atoms with Crippen LogP contribution >= 0.6 is 24.0 Å². The Morgan fingerprint density at radius 3 is 2.57 bits per heavy atom. The molecule has 0 atom stereocenters. The standard InChI is InChI=1S/C16H25N3O.HI/c1-14-8-11-19(12-9-14)16(17-2)18-10-13-20-15-6-4-3-5-7-15;/h3-7,14H,8-13H2,1-2H3,(H,17,18);1H. The van der Waals surface area contributed by atoms with Gasteiger partial charge >= 0.3 is 0 Å². The molecule has 1 aromatic rings. The van der Waals surface area contributed by atoms with Gasteiger partial charge in [-0.05, 0) is 30.9 Å². The molecule has 0 saturated carbocycles. The van der Waals surface area contributed by atoms with Crippen LogP contribution in [0.2, 0.25) is 0 Å². The van der Waals surface area contributed by atoms with Gasteiger partial charge in [0, 0.05) is 20.1 Å². The van der Waals surface area contributed by atoms with E-state index >= 15 is 0 Å². The maximum atomic E-state index is 5.67. The highest BCUT2D eigenvalue weighted by atomic mass is 127. The molecule has 0 radical (unpaired) electrons. The Balaban J connectivity index is 0.00000220. The summed E-state index contributed by atoms with van der Waals surface area (Å²) >= 11 is 0. The highest BCUT2D eigenvalue weighted by molar-refractivity contribution is 14.0. The molecule has 4 nitrogen and oxygen atoms in total. The van der Waals surface area contributed by atoms with Crippen molar-refractivity contribution in [1.82, 2.24) is 10.2 Å². The zero-order valence-electron chi connectivity index (χ0n) is 12.9. The molecular weight excluding hydrogens is 377 g/mol. The van der Waals surface area contributed by atoms with Gasteiger partial charge in [0.2, 0.25) is 0 Å². The van der Waals surface area contributed by atoms with Crippen LogP contribution in [0.25, 0.3) is 0 Å². The highest BCUT2D eigenvalue weighted by Crippen LogP contribution is 2.15. The van der Waals surface area contributed by atoms with Crippen molar-refractivity contribution >= 4 is 29.9 Å². The molecule has 1 saturated heterocycles. The van der Waals surface area contributed by atoms with E-state index in [1.54, 1.807) is 0 Å². The Labute approximate surface area is 145 Å². The summed E-state index contributed by atoms with van der Waals surface area (Å²) in [7, 11) is 1.85. The van der Waals surface area contributed by atoms with Gasteiger partial charge in [0.05, 0.1) is 6.54 Å². The number of nitrogens with zero attached hydrogens (tertiary/aromatic N) is 2. The first-order chi connectivity index (χ1) is 9.79. The minimum absolute atomic E-state index is 0. The molecule has 21 heavy (non-hydrogen) atoms. The van der Waals surface area contributed by atoms with Crippen molar-refractivity contribution < 1.29 is 4.74 Å². The summed E-state index contributed by atoms with van der Waals surface area (Å²) in [4.78, 5) is 6.69. The fourth-order valence-corrected chi connectivity index (χ4v) is 2.40. The summed E-state index contributed by atoms with van der Waals surface area (Å²) in [6, 6.07) is 9.90. The van der Waals surface area contributed by atoms with Gasteiger partial charge < -0.3 is 15.0 Å². The van der Waals surface area contributed by atoms with Crippen molar-refractivity contribution in [2.24, 2.45) is 10.9 Å². The Bertz CT molecular complexity index is 417. The number of likely N-dealkylation sites (tertiary alicyclic amines) is 1. The lowest BCUT2D eigenvalue weighted by atomic mass is 10.00. The van der Waals surface area contributed by atoms with Gasteiger partial charge in [-0.2, -0.15) is 0 Å². The van der Waals surface area contributed by atoms with Crippen LogP contribution in [-0.2, 0) is 0 Å². The second kappa shape index (κ2) is 9.87. The molecule has 0 spiro atoms. The molecule has 1 fully saturated rings. The molecule has 2 rings (SSSR count). The number of benzene rings is 1. The number of rotatable bonds is 4. The number of nitrogens with one attached hydrogen (secondary N) is 1. The van der Waals surface area contributed by atoms with Crippen molar-refractivity contribution in [3.8, 4) is 5.75 Å². The topological polar surface area (TPSA) is 36.9 Å². The monoisotopic (exact) mass is 403 g/mol. The number of hydrogen-bond donors (Lipinski definition) is 1. The Hall–Kier alpha value is -0.980. The molecule has 0 unspecified atom stereocenters. The van der Waals surface area contributed by atoms with E-state index in [1.807, 2.05) is 37.4 Å².